The molecule has 2 aromatic rings. The number of nitrogens with one attached hydrogen (secondary N) is 1. The van der Waals surface area contributed by atoms with Gasteiger partial charge in [0.2, 0.25) is 10.0 Å². The number of aryl methyl sites for hydroxylation is 3. The van der Waals surface area contributed by atoms with Crippen LogP contribution < -0.4 is 10.5 Å². The molecule has 0 fully saturated rings. The molecule has 1 aromatic heterocycles. The number of rotatable bonds is 4. The normalized spacial score (nSPS) is 11.8. The molecule has 5 nitrogen and oxygen atoms in total. The lowest BCUT2D eigenvalue weighted by Gasteiger charge is -2.11. The van der Waals surface area contributed by atoms with Crippen LogP contribution in [0.15, 0.2) is 33.6 Å². The predicted octanol–water partition coefficient (Wildman–Crippen LogP) is 2.27. The van der Waals surface area contributed by atoms with E-state index in [1.807, 2.05) is 13.8 Å². The Hall–Kier alpha value is -1.79. The van der Waals surface area contributed by atoms with Gasteiger partial charge >= 0.3 is 0 Å². The minimum Gasteiger partial charge on any atom is -0.465 e. The van der Waals surface area contributed by atoms with Crippen molar-refractivity contribution in [1.29, 1.82) is 0 Å². The summed E-state index contributed by atoms with van der Waals surface area (Å²) in [5.41, 5.74) is 7.90. The van der Waals surface area contributed by atoms with Crippen molar-refractivity contribution in [3.63, 3.8) is 0 Å². The highest BCUT2D eigenvalue weighted by atomic mass is 32.2. The minimum absolute atomic E-state index is 0.0997. The highest BCUT2D eigenvalue weighted by Gasteiger charge is 2.18. The van der Waals surface area contributed by atoms with Crippen molar-refractivity contribution in [3.8, 4) is 0 Å². The number of hydrogen-bond acceptors (Lipinski definition) is 4. The van der Waals surface area contributed by atoms with E-state index in [2.05, 4.69) is 4.72 Å². The third-order valence-corrected chi connectivity index (χ3v) is 4.61. The van der Waals surface area contributed by atoms with Crippen LogP contribution in [0.5, 0.6) is 0 Å². The number of benzene rings is 1. The van der Waals surface area contributed by atoms with E-state index in [9.17, 15) is 8.42 Å². The van der Waals surface area contributed by atoms with Gasteiger partial charge in [-0.3, -0.25) is 0 Å². The molecule has 0 bridgehead atoms. The van der Waals surface area contributed by atoms with Crippen molar-refractivity contribution in [1.82, 2.24) is 4.72 Å². The van der Waals surface area contributed by atoms with Gasteiger partial charge in [-0.05, 0) is 56.2 Å². The van der Waals surface area contributed by atoms with Gasteiger partial charge in [0.05, 0.1) is 12.2 Å². The quantitative estimate of drug-likeness (QED) is 0.847. The molecule has 0 saturated heterocycles. The largest absolute Gasteiger partial charge is 0.465 e. The van der Waals surface area contributed by atoms with Crippen LogP contribution >= 0.6 is 0 Å². The Labute approximate surface area is 118 Å². The van der Waals surface area contributed by atoms with Gasteiger partial charge < -0.3 is 10.2 Å². The van der Waals surface area contributed by atoms with E-state index in [1.165, 1.54) is 0 Å². The fourth-order valence-electron chi connectivity index (χ4n) is 1.87. The topological polar surface area (TPSA) is 85.3 Å². The van der Waals surface area contributed by atoms with Crippen molar-refractivity contribution in [3.05, 3.63) is 46.9 Å². The Morgan fingerprint density at radius 2 is 1.80 bits per heavy atom. The van der Waals surface area contributed by atoms with Gasteiger partial charge in [-0.25, -0.2) is 13.1 Å². The van der Waals surface area contributed by atoms with Crippen molar-refractivity contribution in [2.75, 3.05) is 5.73 Å². The van der Waals surface area contributed by atoms with Crippen molar-refractivity contribution < 1.29 is 12.8 Å². The van der Waals surface area contributed by atoms with Gasteiger partial charge in [0, 0.05) is 0 Å². The van der Waals surface area contributed by atoms with E-state index >= 15 is 0 Å². The van der Waals surface area contributed by atoms with E-state index in [0.29, 0.717) is 5.76 Å². The molecule has 0 aliphatic heterocycles. The van der Waals surface area contributed by atoms with E-state index < -0.39 is 10.0 Å². The summed E-state index contributed by atoms with van der Waals surface area (Å²) in [6.45, 7) is 5.65. The highest BCUT2D eigenvalue weighted by Crippen LogP contribution is 2.22. The molecule has 0 radical (unpaired) electrons. The summed E-state index contributed by atoms with van der Waals surface area (Å²) < 4.78 is 32.3. The second-order valence-electron chi connectivity index (χ2n) is 4.81. The maximum atomic E-state index is 12.3. The minimum atomic E-state index is -3.65. The van der Waals surface area contributed by atoms with Crippen LogP contribution in [0.4, 0.5) is 5.69 Å². The summed E-state index contributed by atoms with van der Waals surface area (Å²) in [7, 11) is -3.65. The fraction of sp³-hybridized carbons (Fsp3) is 0.286. The standard InChI is InChI=1S/C14H18N2O3S/c1-9-6-13(15)14(7-10(9)2)20(17,18)16-8-12-5-4-11(3)19-12/h4-7,16H,8,15H2,1-3H3. The first-order chi connectivity index (χ1) is 9.29. The second kappa shape index (κ2) is 5.30. The Bertz CT molecular complexity index is 733. The molecular weight excluding hydrogens is 276 g/mol. The predicted molar refractivity (Wildman–Crippen MR) is 77.8 cm³/mol. The lowest BCUT2D eigenvalue weighted by atomic mass is 10.1. The smallest absolute Gasteiger partial charge is 0.243 e. The van der Waals surface area contributed by atoms with Gasteiger partial charge in [0.1, 0.15) is 16.4 Å². The zero-order chi connectivity index (χ0) is 14.9. The van der Waals surface area contributed by atoms with Crippen LogP contribution in [-0.4, -0.2) is 8.42 Å². The number of nitrogens with two attached hydrogens (primary N) is 1. The lowest BCUT2D eigenvalue weighted by Crippen LogP contribution is -2.24. The Balaban J connectivity index is 2.24. The average molecular weight is 294 g/mol. The number of anilines is 1. The molecule has 3 N–H and O–H groups in total. The molecule has 6 heteroatoms. The first kappa shape index (κ1) is 14.6. The van der Waals surface area contributed by atoms with Crippen molar-refractivity contribution >= 4 is 15.7 Å². The van der Waals surface area contributed by atoms with Crippen LogP contribution in [0.2, 0.25) is 0 Å². The van der Waals surface area contributed by atoms with E-state index in [1.54, 1.807) is 31.2 Å². The van der Waals surface area contributed by atoms with Crippen molar-refractivity contribution in [2.45, 2.75) is 32.2 Å². The van der Waals surface area contributed by atoms with Crippen LogP contribution in [-0.2, 0) is 16.6 Å². The highest BCUT2D eigenvalue weighted by molar-refractivity contribution is 7.89. The first-order valence-corrected chi connectivity index (χ1v) is 7.69. The van der Waals surface area contributed by atoms with Crippen LogP contribution in [0, 0.1) is 20.8 Å². The molecule has 0 atom stereocenters. The molecular formula is C14H18N2O3S. The molecule has 0 amide bonds. The molecule has 20 heavy (non-hydrogen) atoms. The van der Waals surface area contributed by atoms with E-state index in [-0.39, 0.29) is 17.1 Å². The number of hydrogen-bond donors (Lipinski definition) is 2. The molecule has 1 heterocycles. The Morgan fingerprint density at radius 1 is 1.15 bits per heavy atom. The van der Waals surface area contributed by atoms with E-state index in [4.69, 9.17) is 10.2 Å². The molecule has 1 aromatic carbocycles. The summed E-state index contributed by atoms with van der Waals surface area (Å²) in [6, 6.07) is 6.77. The Kier molecular flexibility index (Phi) is 3.87. The monoisotopic (exact) mass is 294 g/mol. The molecule has 0 aliphatic carbocycles. The Morgan fingerprint density at radius 3 is 2.40 bits per heavy atom. The number of nitrogen functional groups attached to an aromatic ring is 1. The zero-order valence-electron chi connectivity index (χ0n) is 11.7. The maximum absolute atomic E-state index is 12.3. The average Bonchev–Trinajstić information content (AvgIpc) is 2.77. The van der Waals surface area contributed by atoms with Gasteiger partial charge in [-0.1, -0.05) is 0 Å². The molecule has 0 aliphatic rings. The molecule has 108 valence electrons. The van der Waals surface area contributed by atoms with Crippen LogP contribution in [0.3, 0.4) is 0 Å². The third-order valence-electron chi connectivity index (χ3n) is 3.15. The molecule has 0 spiro atoms. The summed E-state index contributed by atoms with van der Waals surface area (Å²) in [5.74, 6) is 1.30. The third kappa shape index (κ3) is 3.02. The van der Waals surface area contributed by atoms with E-state index in [0.717, 1.165) is 16.9 Å². The fourth-order valence-corrected chi connectivity index (χ4v) is 3.06. The lowest BCUT2D eigenvalue weighted by molar-refractivity contribution is 0.475. The van der Waals surface area contributed by atoms with Crippen molar-refractivity contribution in [2.24, 2.45) is 0 Å². The van der Waals surface area contributed by atoms with Crippen LogP contribution in [0.25, 0.3) is 0 Å². The maximum Gasteiger partial charge on any atom is 0.243 e. The SMILES string of the molecule is Cc1ccc(CNS(=O)(=O)c2cc(C)c(C)cc2N)o1. The summed E-state index contributed by atoms with van der Waals surface area (Å²) in [5, 5.41) is 0. The van der Waals surface area contributed by atoms with Gasteiger partial charge in [-0.15, -0.1) is 0 Å². The number of sulfonamides is 1. The van der Waals surface area contributed by atoms with Gasteiger partial charge in [0.25, 0.3) is 0 Å². The molecule has 0 unspecified atom stereocenters. The van der Waals surface area contributed by atoms with Gasteiger partial charge in [-0.2, -0.15) is 0 Å². The first-order valence-electron chi connectivity index (χ1n) is 6.21. The summed E-state index contributed by atoms with van der Waals surface area (Å²) in [4.78, 5) is 0.101. The second-order valence-corrected chi connectivity index (χ2v) is 6.55. The summed E-state index contributed by atoms with van der Waals surface area (Å²) in [6.07, 6.45) is 0. The summed E-state index contributed by atoms with van der Waals surface area (Å²) >= 11 is 0. The zero-order valence-corrected chi connectivity index (χ0v) is 12.5. The van der Waals surface area contributed by atoms with Gasteiger partial charge in [0.15, 0.2) is 0 Å². The molecule has 2 rings (SSSR count). The molecule has 0 saturated carbocycles. The number of furan rings is 1. The van der Waals surface area contributed by atoms with Crippen LogP contribution in [0.1, 0.15) is 22.6 Å².